The van der Waals surface area contributed by atoms with Crippen molar-refractivity contribution in [3.05, 3.63) is 35.9 Å². The number of ether oxygens (including phenoxy) is 1. The van der Waals surface area contributed by atoms with Gasteiger partial charge in [0, 0.05) is 18.7 Å². The van der Waals surface area contributed by atoms with Gasteiger partial charge in [-0.15, -0.1) is 0 Å². The predicted molar refractivity (Wildman–Crippen MR) is 77.5 cm³/mol. The Bertz CT molecular complexity index is 418. The van der Waals surface area contributed by atoms with Gasteiger partial charge < -0.3 is 15.4 Å². The summed E-state index contributed by atoms with van der Waals surface area (Å²) in [6.07, 6.45) is 0.965. The van der Waals surface area contributed by atoms with Crippen molar-refractivity contribution in [3.8, 4) is 0 Å². The zero-order valence-corrected chi connectivity index (χ0v) is 12.0. The lowest BCUT2D eigenvalue weighted by atomic mass is 10.2. The van der Waals surface area contributed by atoms with Crippen LogP contribution in [0.25, 0.3) is 0 Å². The molecule has 0 bridgehead atoms. The number of carbonyl (C=O) groups excluding carboxylic acids is 2. The molecule has 0 radical (unpaired) electrons. The van der Waals surface area contributed by atoms with Gasteiger partial charge in [-0.25, -0.2) is 0 Å². The van der Waals surface area contributed by atoms with Crippen molar-refractivity contribution < 1.29 is 14.3 Å². The molecule has 1 aromatic rings. The molecule has 0 atom stereocenters. The third-order valence-electron chi connectivity index (χ3n) is 2.54. The van der Waals surface area contributed by atoms with Crippen molar-refractivity contribution in [3.63, 3.8) is 0 Å². The molecule has 1 aromatic carbocycles. The van der Waals surface area contributed by atoms with E-state index in [9.17, 15) is 9.59 Å². The summed E-state index contributed by atoms with van der Waals surface area (Å²) in [6.45, 7) is 5.09. The topological polar surface area (TPSA) is 67.4 Å². The minimum absolute atomic E-state index is 0.0151. The van der Waals surface area contributed by atoms with Gasteiger partial charge in [-0.05, 0) is 32.4 Å². The molecule has 0 fully saturated rings. The van der Waals surface area contributed by atoms with Crippen molar-refractivity contribution in [2.75, 3.05) is 19.7 Å². The lowest BCUT2D eigenvalue weighted by molar-refractivity contribution is -0.120. The van der Waals surface area contributed by atoms with E-state index in [2.05, 4.69) is 10.6 Å². The van der Waals surface area contributed by atoms with Gasteiger partial charge in [0.25, 0.3) is 5.91 Å². The van der Waals surface area contributed by atoms with Crippen molar-refractivity contribution in [2.45, 2.75) is 26.4 Å². The fraction of sp³-hybridized carbons (Fsp3) is 0.467. The highest BCUT2D eigenvalue weighted by molar-refractivity contribution is 5.96. The predicted octanol–water partition coefficient (Wildman–Crippen LogP) is 1.35. The summed E-state index contributed by atoms with van der Waals surface area (Å²) in [4.78, 5) is 23.2. The second kappa shape index (κ2) is 9.09. The molecule has 1 rings (SSSR count). The first-order valence-electron chi connectivity index (χ1n) is 6.81. The van der Waals surface area contributed by atoms with Crippen LogP contribution in [0.15, 0.2) is 30.3 Å². The Morgan fingerprint density at radius 2 is 1.85 bits per heavy atom. The van der Waals surface area contributed by atoms with Gasteiger partial charge in [-0.2, -0.15) is 0 Å². The lowest BCUT2D eigenvalue weighted by Crippen LogP contribution is -2.37. The maximum absolute atomic E-state index is 11.7. The van der Waals surface area contributed by atoms with Crippen LogP contribution in [-0.2, 0) is 9.53 Å². The Hall–Kier alpha value is -1.88. The average Bonchev–Trinajstić information content (AvgIpc) is 2.45. The number of nitrogens with one attached hydrogen (secondary N) is 2. The van der Waals surface area contributed by atoms with Crippen molar-refractivity contribution >= 4 is 11.8 Å². The van der Waals surface area contributed by atoms with Crippen molar-refractivity contribution in [1.29, 1.82) is 0 Å². The quantitative estimate of drug-likeness (QED) is 0.705. The van der Waals surface area contributed by atoms with E-state index in [1.165, 1.54) is 0 Å². The number of rotatable bonds is 8. The summed E-state index contributed by atoms with van der Waals surface area (Å²) in [6, 6.07) is 8.81. The SMILES string of the molecule is CC(C)OCCCNC(=O)CNC(=O)c1ccccc1. The van der Waals surface area contributed by atoms with E-state index in [0.29, 0.717) is 18.7 Å². The van der Waals surface area contributed by atoms with Gasteiger partial charge in [0.2, 0.25) is 5.91 Å². The highest BCUT2D eigenvalue weighted by atomic mass is 16.5. The van der Waals surface area contributed by atoms with Gasteiger partial charge in [-0.3, -0.25) is 9.59 Å². The Labute approximate surface area is 119 Å². The Morgan fingerprint density at radius 1 is 1.15 bits per heavy atom. The van der Waals surface area contributed by atoms with E-state index in [0.717, 1.165) is 6.42 Å². The van der Waals surface area contributed by atoms with Crippen LogP contribution in [0.1, 0.15) is 30.6 Å². The van der Waals surface area contributed by atoms with Crippen LogP contribution in [0.2, 0.25) is 0 Å². The summed E-state index contributed by atoms with van der Waals surface area (Å²) < 4.78 is 5.36. The molecule has 0 saturated heterocycles. The average molecular weight is 278 g/mol. The normalized spacial score (nSPS) is 10.3. The number of benzene rings is 1. The number of hydrogen-bond donors (Lipinski definition) is 2. The van der Waals surface area contributed by atoms with E-state index >= 15 is 0 Å². The van der Waals surface area contributed by atoms with E-state index in [-0.39, 0.29) is 24.5 Å². The highest BCUT2D eigenvalue weighted by Crippen LogP contribution is 1.97. The summed E-state index contributed by atoms with van der Waals surface area (Å²) in [7, 11) is 0. The number of amides is 2. The maximum Gasteiger partial charge on any atom is 0.251 e. The standard InChI is InChI=1S/C15H22N2O3/c1-12(2)20-10-6-9-16-14(18)11-17-15(19)13-7-4-3-5-8-13/h3-5,7-8,12H,6,9-11H2,1-2H3,(H,16,18)(H,17,19). The molecule has 0 saturated carbocycles. The minimum Gasteiger partial charge on any atom is -0.379 e. The monoisotopic (exact) mass is 278 g/mol. The van der Waals surface area contributed by atoms with Crippen LogP contribution >= 0.6 is 0 Å². The van der Waals surface area contributed by atoms with E-state index in [1.54, 1.807) is 24.3 Å². The van der Waals surface area contributed by atoms with Crippen LogP contribution in [-0.4, -0.2) is 37.6 Å². The molecule has 0 heterocycles. The molecule has 110 valence electrons. The van der Waals surface area contributed by atoms with Crippen LogP contribution in [0.3, 0.4) is 0 Å². The van der Waals surface area contributed by atoms with Crippen molar-refractivity contribution in [2.24, 2.45) is 0 Å². The Balaban J connectivity index is 2.12. The highest BCUT2D eigenvalue weighted by Gasteiger charge is 2.06. The van der Waals surface area contributed by atoms with Crippen LogP contribution in [0.5, 0.6) is 0 Å². The Kier molecular flexibility index (Phi) is 7.35. The summed E-state index contributed by atoms with van der Waals surface area (Å²) in [5.41, 5.74) is 0.547. The smallest absolute Gasteiger partial charge is 0.251 e. The van der Waals surface area contributed by atoms with E-state index < -0.39 is 0 Å². The zero-order valence-electron chi connectivity index (χ0n) is 12.0. The first kappa shape index (κ1) is 16.2. The van der Waals surface area contributed by atoms with Crippen LogP contribution in [0, 0.1) is 0 Å². The maximum atomic E-state index is 11.7. The molecule has 0 aliphatic rings. The third kappa shape index (κ3) is 6.89. The van der Waals surface area contributed by atoms with Gasteiger partial charge in [0.15, 0.2) is 0 Å². The van der Waals surface area contributed by atoms with E-state index in [4.69, 9.17) is 4.74 Å². The molecule has 0 spiro atoms. The largest absolute Gasteiger partial charge is 0.379 e. The van der Waals surface area contributed by atoms with Gasteiger partial charge in [0.1, 0.15) is 0 Å². The van der Waals surface area contributed by atoms with Gasteiger partial charge in [0.05, 0.1) is 12.6 Å². The molecule has 0 unspecified atom stereocenters. The summed E-state index contributed by atoms with van der Waals surface area (Å²) >= 11 is 0. The first-order chi connectivity index (χ1) is 9.59. The van der Waals surface area contributed by atoms with E-state index in [1.807, 2.05) is 19.9 Å². The molecule has 5 heteroatoms. The number of hydrogen-bond acceptors (Lipinski definition) is 3. The molecular weight excluding hydrogens is 256 g/mol. The van der Waals surface area contributed by atoms with Crippen molar-refractivity contribution in [1.82, 2.24) is 10.6 Å². The fourth-order valence-corrected chi connectivity index (χ4v) is 1.53. The molecule has 20 heavy (non-hydrogen) atoms. The summed E-state index contributed by atoms with van der Waals surface area (Å²) in [5.74, 6) is -0.442. The third-order valence-corrected chi connectivity index (χ3v) is 2.54. The molecule has 5 nitrogen and oxygen atoms in total. The molecule has 2 N–H and O–H groups in total. The lowest BCUT2D eigenvalue weighted by Gasteiger charge is -2.09. The fourth-order valence-electron chi connectivity index (χ4n) is 1.53. The number of carbonyl (C=O) groups is 2. The molecule has 0 aromatic heterocycles. The zero-order chi connectivity index (χ0) is 14.8. The van der Waals surface area contributed by atoms with Gasteiger partial charge in [-0.1, -0.05) is 18.2 Å². The Morgan fingerprint density at radius 3 is 2.50 bits per heavy atom. The second-order valence-electron chi connectivity index (χ2n) is 4.67. The summed E-state index contributed by atoms with van der Waals surface area (Å²) in [5, 5.41) is 5.31. The van der Waals surface area contributed by atoms with Crippen LogP contribution in [0.4, 0.5) is 0 Å². The molecule has 2 amide bonds. The molecule has 0 aliphatic heterocycles. The minimum atomic E-state index is -0.246. The van der Waals surface area contributed by atoms with Gasteiger partial charge >= 0.3 is 0 Å². The second-order valence-corrected chi connectivity index (χ2v) is 4.67. The molecular formula is C15H22N2O3. The van der Waals surface area contributed by atoms with Crippen LogP contribution < -0.4 is 10.6 Å². The first-order valence-corrected chi connectivity index (χ1v) is 6.81. The molecule has 0 aliphatic carbocycles.